The monoisotopic (exact) mass is 606 g/mol. The van der Waals surface area contributed by atoms with Crippen molar-refractivity contribution in [1.82, 2.24) is 19.8 Å². The standard InChI is InChI=1S/C26H36BrN6O4P/c1-3-36-38(34,37-4-2)18-33-12-10-32(11-13-33)9-6-14-35-24-17-23-21(16-22(24)28)25(31-26(29)30-23)19-7-5-8-20(27)15-19/h5,7-8,15-17H,3-4,6,9-14,18,28H2,1-2H3,(H2,29,30,31). The molecule has 2 aromatic carbocycles. The van der Waals surface area contributed by atoms with E-state index in [1.807, 2.05) is 50.2 Å². The van der Waals surface area contributed by atoms with Crippen LogP contribution in [0.2, 0.25) is 0 Å². The Kier molecular flexibility index (Phi) is 9.97. The Morgan fingerprint density at radius 3 is 2.39 bits per heavy atom. The average molecular weight is 607 g/mol. The molecule has 0 saturated carbocycles. The molecule has 0 spiro atoms. The lowest BCUT2D eigenvalue weighted by molar-refractivity contribution is 0.126. The highest BCUT2D eigenvalue weighted by Gasteiger charge is 2.29. The van der Waals surface area contributed by atoms with E-state index in [-0.39, 0.29) is 5.95 Å². The Bertz CT molecular complexity index is 1280. The fourth-order valence-electron chi connectivity index (χ4n) is 4.55. The second-order valence-electron chi connectivity index (χ2n) is 9.10. The number of halogens is 1. The Balaban J connectivity index is 1.31. The van der Waals surface area contributed by atoms with Gasteiger partial charge >= 0.3 is 7.60 Å². The van der Waals surface area contributed by atoms with Crippen molar-refractivity contribution in [2.75, 3.05) is 70.3 Å². The van der Waals surface area contributed by atoms with Crippen LogP contribution < -0.4 is 16.2 Å². The summed E-state index contributed by atoms with van der Waals surface area (Å²) in [7, 11) is -3.06. The molecule has 4 N–H and O–H groups in total. The van der Waals surface area contributed by atoms with Crippen molar-refractivity contribution in [3.63, 3.8) is 0 Å². The molecule has 0 aliphatic carbocycles. The van der Waals surface area contributed by atoms with E-state index >= 15 is 0 Å². The quantitative estimate of drug-likeness (QED) is 0.168. The fraction of sp³-hybridized carbons (Fsp3) is 0.462. The number of hydrogen-bond donors (Lipinski definition) is 2. The fourth-order valence-corrected chi connectivity index (χ4v) is 6.75. The highest BCUT2D eigenvalue weighted by atomic mass is 79.9. The van der Waals surface area contributed by atoms with Crippen molar-refractivity contribution in [2.24, 2.45) is 0 Å². The molecule has 3 aromatic rings. The number of benzene rings is 2. The Morgan fingerprint density at radius 1 is 1.00 bits per heavy atom. The molecule has 1 aromatic heterocycles. The van der Waals surface area contributed by atoms with Gasteiger partial charge in [0.2, 0.25) is 5.95 Å². The molecule has 0 bridgehead atoms. The smallest absolute Gasteiger partial charge is 0.344 e. The van der Waals surface area contributed by atoms with E-state index in [1.54, 1.807) is 0 Å². The first-order chi connectivity index (χ1) is 18.3. The van der Waals surface area contributed by atoms with Crippen molar-refractivity contribution < 1.29 is 18.3 Å². The number of fused-ring (bicyclic) bond motifs is 1. The van der Waals surface area contributed by atoms with Crippen molar-refractivity contribution in [3.05, 3.63) is 40.9 Å². The topological polar surface area (TPSA) is 129 Å². The number of aromatic nitrogens is 2. The Hall–Kier alpha value is -2.27. The molecule has 12 heteroatoms. The molecule has 0 atom stereocenters. The lowest BCUT2D eigenvalue weighted by atomic mass is 10.1. The van der Waals surface area contributed by atoms with Crippen LogP contribution in [0.3, 0.4) is 0 Å². The van der Waals surface area contributed by atoms with Crippen LogP contribution in [-0.2, 0) is 13.6 Å². The van der Waals surface area contributed by atoms with Crippen molar-refractivity contribution in [2.45, 2.75) is 20.3 Å². The van der Waals surface area contributed by atoms with E-state index < -0.39 is 7.60 Å². The second-order valence-corrected chi connectivity index (χ2v) is 12.0. The highest BCUT2D eigenvalue weighted by Crippen LogP contribution is 2.48. The molecule has 1 saturated heterocycles. The zero-order valence-electron chi connectivity index (χ0n) is 21.9. The molecular formula is C26H36BrN6O4P. The van der Waals surface area contributed by atoms with Crippen LogP contribution in [0.15, 0.2) is 40.9 Å². The predicted octanol–water partition coefficient (Wildman–Crippen LogP) is 4.83. The van der Waals surface area contributed by atoms with Gasteiger partial charge in [-0.3, -0.25) is 9.46 Å². The van der Waals surface area contributed by atoms with E-state index in [0.717, 1.165) is 60.3 Å². The summed E-state index contributed by atoms with van der Waals surface area (Å²) in [5.74, 6) is 0.782. The second kappa shape index (κ2) is 13.2. The van der Waals surface area contributed by atoms with E-state index in [2.05, 4.69) is 35.7 Å². The number of nitrogens with zero attached hydrogens (tertiary/aromatic N) is 4. The van der Waals surface area contributed by atoms with E-state index in [0.29, 0.717) is 43.1 Å². The summed E-state index contributed by atoms with van der Waals surface area (Å²) in [6.45, 7) is 9.29. The van der Waals surface area contributed by atoms with Crippen molar-refractivity contribution >= 4 is 46.1 Å². The summed E-state index contributed by atoms with van der Waals surface area (Å²) in [5.41, 5.74) is 15.2. The summed E-state index contributed by atoms with van der Waals surface area (Å²) < 4.78 is 30.7. The van der Waals surface area contributed by atoms with Gasteiger partial charge in [-0.1, -0.05) is 28.1 Å². The minimum atomic E-state index is -3.06. The van der Waals surface area contributed by atoms with Gasteiger partial charge in [0.25, 0.3) is 0 Å². The van der Waals surface area contributed by atoms with Gasteiger partial charge in [-0.25, -0.2) is 9.97 Å². The number of nitrogen functional groups attached to an aromatic ring is 2. The first kappa shape index (κ1) is 28.7. The summed E-state index contributed by atoms with van der Waals surface area (Å²) in [6, 6.07) is 11.5. The first-order valence-electron chi connectivity index (χ1n) is 12.9. The molecule has 1 aliphatic heterocycles. The van der Waals surface area contributed by atoms with Crippen LogP contribution in [0.5, 0.6) is 5.75 Å². The molecule has 38 heavy (non-hydrogen) atoms. The lowest BCUT2D eigenvalue weighted by Gasteiger charge is -2.35. The summed E-state index contributed by atoms with van der Waals surface area (Å²) >= 11 is 3.51. The zero-order chi connectivity index (χ0) is 27.1. The van der Waals surface area contributed by atoms with Crippen LogP contribution >= 0.6 is 23.5 Å². The normalized spacial score (nSPS) is 15.2. The van der Waals surface area contributed by atoms with Gasteiger partial charge in [-0.15, -0.1) is 0 Å². The van der Waals surface area contributed by atoms with Gasteiger partial charge in [0.1, 0.15) is 12.0 Å². The molecule has 0 amide bonds. The van der Waals surface area contributed by atoms with Crippen molar-refractivity contribution in [1.29, 1.82) is 0 Å². The molecule has 0 unspecified atom stereocenters. The van der Waals surface area contributed by atoms with Gasteiger partial charge in [-0.05, 0) is 38.5 Å². The van der Waals surface area contributed by atoms with Gasteiger partial charge in [-0.2, -0.15) is 0 Å². The van der Waals surface area contributed by atoms with Gasteiger partial charge in [0.15, 0.2) is 0 Å². The van der Waals surface area contributed by atoms with Crippen molar-refractivity contribution in [3.8, 4) is 17.0 Å². The minimum Gasteiger partial charge on any atom is -0.491 e. The lowest BCUT2D eigenvalue weighted by Crippen LogP contribution is -2.47. The number of ether oxygens (including phenoxy) is 1. The van der Waals surface area contributed by atoms with E-state index in [1.165, 1.54) is 0 Å². The van der Waals surface area contributed by atoms with Crippen LogP contribution in [0.1, 0.15) is 20.3 Å². The number of nitrogens with two attached hydrogens (primary N) is 2. The maximum absolute atomic E-state index is 12.8. The summed E-state index contributed by atoms with van der Waals surface area (Å²) in [5, 5.41) is 0.818. The molecule has 0 radical (unpaired) electrons. The molecular weight excluding hydrogens is 571 g/mol. The van der Waals surface area contributed by atoms with E-state index in [9.17, 15) is 4.57 Å². The summed E-state index contributed by atoms with van der Waals surface area (Å²) in [6.07, 6.45) is 1.19. The zero-order valence-corrected chi connectivity index (χ0v) is 24.4. The SMILES string of the molecule is CCOP(=O)(CN1CCN(CCCOc2cc3nc(N)nc(-c4cccc(Br)c4)c3cc2N)CC1)OCC. The van der Waals surface area contributed by atoms with Crippen LogP contribution in [-0.4, -0.2) is 78.6 Å². The van der Waals surface area contributed by atoms with E-state index in [4.69, 9.17) is 25.3 Å². The van der Waals surface area contributed by atoms with Crippen LogP contribution in [0, 0.1) is 0 Å². The molecule has 10 nitrogen and oxygen atoms in total. The molecule has 1 aliphatic rings. The van der Waals surface area contributed by atoms with Gasteiger partial charge < -0.3 is 30.2 Å². The van der Waals surface area contributed by atoms with Gasteiger partial charge in [0, 0.05) is 54.2 Å². The number of rotatable bonds is 12. The molecule has 1 fully saturated rings. The van der Waals surface area contributed by atoms with Gasteiger partial charge in [0.05, 0.1) is 36.7 Å². The largest absolute Gasteiger partial charge is 0.491 e. The number of piperazine rings is 1. The minimum absolute atomic E-state index is 0.196. The summed E-state index contributed by atoms with van der Waals surface area (Å²) in [4.78, 5) is 13.4. The Morgan fingerprint density at radius 2 is 1.71 bits per heavy atom. The van der Waals surface area contributed by atoms with Crippen LogP contribution in [0.4, 0.5) is 11.6 Å². The average Bonchev–Trinajstić information content (AvgIpc) is 2.88. The molecule has 4 rings (SSSR count). The third kappa shape index (κ3) is 7.43. The maximum Gasteiger partial charge on any atom is 0.344 e. The van der Waals surface area contributed by atoms with Crippen LogP contribution in [0.25, 0.3) is 22.2 Å². The third-order valence-electron chi connectivity index (χ3n) is 6.31. The number of anilines is 2. The predicted molar refractivity (Wildman–Crippen MR) is 155 cm³/mol. The number of hydrogen-bond acceptors (Lipinski definition) is 10. The maximum atomic E-state index is 12.8. The third-order valence-corrected chi connectivity index (χ3v) is 8.85. The first-order valence-corrected chi connectivity index (χ1v) is 15.4. The highest BCUT2D eigenvalue weighted by molar-refractivity contribution is 9.10. The molecule has 2 heterocycles. The molecule has 206 valence electrons. The Labute approximate surface area is 232 Å².